The Kier molecular flexibility index (Phi) is 6.16. The lowest BCUT2D eigenvalue weighted by atomic mass is 10.0. The number of ether oxygens (including phenoxy) is 1. The van der Waals surface area contributed by atoms with Crippen LogP contribution in [0.15, 0.2) is 46.2 Å². The third-order valence-electron chi connectivity index (χ3n) is 5.76. The van der Waals surface area contributed by atoms with Gasteiger partial charge in [-0.25, -0.2) is 9.18 Å². The number of nitrogens with zero attached hydrogens (tertiary/aromatic N) is 2. The minimum atomic E-state index is -0.881. The number of hydrogen-bond donors (Lipinski definition) is 1. The number of amides is 1. The Morgan fingerprint density at radius 1 is 1.18 bits per heavy atom. The molecular weight excluding hydrogens is 445 g/mol. The molecule has 0 saturated heterocycles. The first-order chi connectivity index (χ1) is 15.8. The highest BCUT2D eigenvalue weighted by Gasteiger charge is 2.34. The summed E-state index contributed by atoms with van der Waals surface area (Å²) in [5.41, 5.74) is 7.01. The highest BCUT2D eigenvalue weighted by Crippen LogP contribution is 2.46. The van der Waals surface area contributed by atoms with Crippen LogP contribution in [0.1, 0.15) is 36.5 Å². The van der Waals surface area contributed by atoms with Crippen LogP contribution in [-0.4, -0.2) is 41.0 Å². The van der Waals surface area contributed by atoms with Gasteiger partial charge in [0.1, 0.15) is 11.4 Å². The third-order valence-corrected chi connectivity index (χ3v) is 6.94. The average molecular weight is 470 g/mol. The number of pyridine rings is 1. The van der Waals surface area contributed by atoms with Gasteiger partial charge in [-0.1, -0.05) is 23.9 Å². The lowest BCUT2D eigenvalue weighted by molar-refractivity contribution is -0.134. The molecule has 9 heteroatoms. The van der Waals surface area contributed by atoms with Gasteiger partial charge in [-0.05, 0) is 50.6 Å². The molecule has 2 N–H and O–H groups in total. The molecule has 1 aromatic heterocycles. The second-order valence-corrected chi connectivity index (χ2v) is 9.01. The molecule has 2 heterocycles. The molecule has 7 nitrogen and oxygen atoms in total. The monoisotopic (exact) mass is 469 g/mol. The molecule has 172 valence electrons. The number of likely N-dealkylation sites (N-methyl/N-ethyl adjacent to an activating group) is 1. The maximum Gasteiger partial charge on any atom is 0.345 e. The number of carbonyl (C=O) groups excluding carboxylic acids is 2. The summed E-state index contributed by atoms with van der Waals surface area (Å²) in [7, 11) is 0. The summed E-state index contributed by atoms with van der Waals surface area (Å²) in [6, 6.07) is 9.57. The number of halogens is 1. The molecule has 33 heavy (non-hydrogen) atoms. The summed E-state index contributed by atoms with van der Waals surface area (Å²) in [6.45, 7) is 6.10. The van der Waals surface area contributed by atoms with Crippen molar-refractivity contribution in [1.29, 1.82) is 0 Å². The largest absolute Gasteiger partial charge is 0.452 e. The summed E-state index contributed by atoms with van der Waals surface area (Å²) in [5, 5.41) is 0.483. The number of esters is 1. The van der Waals surface area contributed by atoms with Crippen LogP contribution < -0.4 is 11.2 Å². The van der Waals surface area contributed by atoms with Crippen molar-refractivity contribution < 1.29 is 18.7 Å². The molecule has 0 saturated carbocycles. The van der Waals surface area contributed by atoms with E-state index in [4.69, 9.17) is 10.5 Å². The van der Waals surface area contributed by atoms with Crippen molar-refractivity contribution in [2.75, 3.05) is 25.4 Å². The molecule has 4 rings (SSSR count). The molecule has 1 unspecified atom stereocenters. The molecule has 0 radical (unpaired) electrons. The van der Waals surface area contributed by atoms with E-state index in [1.807, 2.05) is 25.3 Å². The van der Waals surface area contributed by atoms with E-state index in [-0.39, 0.29) is 22.2 Å². The molecule has 0 aliphatic carbocycles. The van der Waals surface area contributed by atoms with Gasteiger partial charge >= 0.3 is 5.97 Å². The van der Waals surface area contributed by atoms with Crippen molar-refractivity contribution >= 4 is 40.2 Å². The summed E-state index contributed by atoms with van der Waals surface area (Å²) < 4.78 is 22.0. The average Bonchev–Trinajstić information content (AvgIpc) is 2.79. The molecule has 1 aliphatic heterocycles. The van der Waals surface area contributed by atoms with E-state index in [9.17, 15) is 14.4 Å². The van der Waals surface area contributed by atoms with Crippen molar-refractivity contribution in [2.45, 2.75) is 31.2 Å². The zero-order valence-corrected chi connectivity index (χ0v) is 19.4. The van der Waals surface area contributed by atoms with Gasteiger partial charge in [0.2, 0.25) is 5.43 Å². The van der Waals surface area contributed by atoms with Gasteiger partial charge in [0.15, 0.2) is 6.61 Å². The van der Waals surface area contributed by atoms with Gasteiger partial charge in [-0.3, -0.25) is 9.59 Å². The number of thioether (sulfide) groups is 1. The van der Waals surface area contributed by atoms with Gasteiger partial charge in [-0.15, -0.1) is 0 Å². The zero-order valence-electron chi connectivity index (χ0n) is 18.6. The number of hydrogen-bond acceptors (Lipinski definition) is 6. The lowest BCUT2D eigenvalue weighted by Gasteiger charge is -2.33. The van der Waals surface area contributed by atoms with Crippen LogP contribution >= 0.6 is 11.8 Å². The number of anilines is 1. The summed E-state index contributed by atoms with van der Waals surface area (Å²) in [4.78, 5) is 39.7. The van der Waals surface area contributed by atoms with Crippen molar-refractivity contribution in [3.05, 3.63) is 58.0 Å². The van der Waals surface area contributed by atoms with Crippen molar-refractivity contribution in [1.82, 2.24) is 9.47 Å². The molecule has 1 atom stereocenters. The zero-order chi connectivity index (χ0) is 23.9. The van der Waals surface area contributed by atoms with Crippen LogP contribution in [0.3, 0.4) is 0 Å². The minimum Gasteiger partial charge on any atom is -0.452 e. The predicted octanol–water partition coefficient (Wildman–Crippen LogP) is 4.04. The Hall–Kier alpha value is -3.33. The highest BCUT2D eigenvalue weighted by atomic mass is 32.2. The highest BCUT2D eigenvalue weighted by molar-refractivity contribution is 8.00. The molecule has 0 spiro atoms. The number of aromatic nitrogens is 1. The van der Waals surface area contributed by atoms with E-state index >= 15 is 4.39 Å². The smallest absolute Gasteiger partial charge is 0.345 e. The van der Waals surface area contributed by atoms with Gasteiger partial charge in [0.25, 0.3) is 5.91 Å². The van der Waals surface area contributed by atoms with Crippen molar-refractivity contribution in [3.8, 4) is 11.1 Å². The number of nitrogen functional groups attached to an aromatic ring is 1. The Morgan fingerprint density at radius 3 is 2.45 bits per heavy atom. The maximum absolute atomic E-state index is 15.0. The fraction of sp³-hybridized carbons (Fsp3) is 0.292. The number of fused-ring (bicyclic) bond motifs is 3. The van der Waals surface area contributed by atoms with Crippen LogP contribution in [-0.2, 0) is 9.53 Å². The first kappa shape index (κ1) is 22.8. The number of benzene rings is 2. The molecule has 1 amide bonds. The van der Waals surface area contributed by atoms with E-state index in [2.05, 4.69) is 0 Å². The fourth-order valence-corrected chi connectivity index (χ4v) is 5.13. The third kappa shape index (κ3) is 3.97. The SMILES string of the molecule is CCN(CC)C(=O)COC(=O)c1c2n(c3cc(-c4ccc(N)cc4)c(F)cc3c1=O)C(C)S2. The van der Waals surface area contributed by atoms with Crippen LogP contribution in [0, 0.1) is 5.82 Å². The molecule has 2 aromatic carbocycles. The minimum absolute atomic E-state index is 0.0586. The number of rotatable bonds is 6. The van der Waals surface area contributed by atoms with Crippen LogP contribution in [0.25, 0.3) is 22.0 Å². The normalized spacial score (nSPS) is 14.5. The van der Waals surface area contributed by atoms with Crippen LogP contribution in [0.2, 0.25) is 0 Å². The number of carbonyl (C=O) groups is 2. The fourth-order valence-electron chi connectivity index (χ4n) is 3.98. The van der Waals surface area contributed by atoms with Crippen molar-refractivity contribution in [2.24, 2.45) is 0 Å². The maximum atomic E-state index is 15.0. The first-order valence-corrected chi connectivity index (χ1v) is 11.5. The first-order valence-electron chi connectivity index (χ1n) is 10.7. The molecular formula is C24H24FN3O4S. The topological polar surface area (TPSA) is 94.6 Å². The molecule has 0 fully saturated rings. The number of nitrogens with two attached hydrogens (primary N) is 1. The van der Waals surface area contributed by atoms with Crippen LogP contribution in [0.4, 0.5) is 10.1 Å². The Morgan fingerprint density at radius 2 is 1.85 bits per heavy atom. The molecule has 1 aliphatic rings. The summed E-state index contributed by atoms with van der Waals surface area (Å²) in [5.74, 6) is -1.80. The van der Waals surface area contributed by atoms with E-state index in [1.54, 1.807) is 30.3 Å². The quantitative estimate of drug-likeness (QED) is 0.433. The molecule has 0 bridgehead atoms. The second-order valence-electron chi connectivity index (χ2n) is 7.71. The van der Waals surface area contributed by atoms with Crippen molar-refractivity contribution in [3.63, 3.8) is 0 Å². The Balaban J connectivity index is 1.77. The Labute approximate surface area is 194 Å². The van der Waals surface area contributed by atoms with Gasteiger partial charge in [-0.2, -0.15) is 0 Å². The van der Waals surface area contributed by atoms with E-state index in [0.29, 0.717) is 40.4 Å². The summed E-state index contributed by atoms with van der Waals surface area (Å²) in [6.07, 6.45) is 0. The van der Waals surface area contributed by atoms with E-state index in [0.717, 1.165) is 6.07 Å². The van der Waals surface area contributed by atoms with Gasteiger partial charge in [0, 0.05) is 29.7 Å². The predicted molar refractivity (Wildman–Crippen MR) is 127 cm³/mol. The lowest BCUT2D eigenvalue weighted by Crippen LogP contribution is -2.35. The summed E-state index contributed by atoms with van der Waals surface area (Å²) >= 11 is 1.35. The van der Waals surface area contributed by atoms with Gasteiger partial charge < -0.3 is 19.9 Å². The standard InChI is InChI=1S/C24H24FN3O4S/c1-4-27(5-2)20(29)12-32-24(31)21-22(30)17-10-18(25)16(14-6-8-15(26)9-7-14)11-19(17)28-13(3)33-23(21)28/h6-11,13H,4-5,12,26H2,1-3H3. The van der Waals surface area contributed by atoms with E-state index in [1.165, 1.54) is 16.7 Å². The van der Waals surface area contributed by atoms with E-state index < -0.39 is 23.8 Å². The van der Waals surface area contributed by atoms with Crippen LogP contribution in [0.5, 0.6) is 0 Å². The second kappa shape index (κ2) is 8.90. The van der Waals surface area contributed by atoms with Gasteiger partial charge in [0.05, 0.1) is 15.9 Å². The Bertz CT molecular complexity index is 1320. The molecule has 3 aromatic rings.